The fourth-order valence-corrected chi connectivity index (χ4v) is 4.11. The molecule has 1 aromatic rings. The molecular formula is C22H32N5O4+. The van der Waals surface area contributed by atoms with Crippen LogP contribution in [0.3, 0.4) is 0 Å². The molecule has 2 fully saturated rings. The lowest BCUT2D eigenvalue weighted by Crippen LogP contribution is -3.15. The minimum absolute atomic E-state index is 0.0166. The van der Waals surface area contributed by atoms with Gasteiger partial charge in [-0.3, -0.25) is 19.3 Å². The molecule has 0 aliphatic carbocycles. The van der Waals surface area contributed by atoms with Crippen LogP contribution in [0.15, 0.2) is 18.2 Å². The Labute approximate surface area is 182 Å². The first kappa shape index (κ1) is 22.7. The van der Waals surface area contributed by atoms with Crippen LogP contribution in [0.25, 0.3) is 0 Å². The van der Waals surface area contributed by atoms with Crippen molar-refractivity contribution in [3.63, 3.8) is 0 Å². The van der Waals surface area contributed by atoms with Gasteiger partial charge in [-0.25, -0.2) is 4.79 Å². The quantitative estimate of drug-likeness (QED) is 0.578. The van der Waals surface area contributed by atoms with Gasteiger partial charge in [-0.05, 0) is 31.4 Å². The molecule has 9 heteroatoms. The van der Waals surface area contributed by atoms with E-state index in [0.717, 1.165) is 34.8 Å². The lowest BCUT2D eigenvalue weighted by molar-refractivity contribution is -0.895. The third kappa shape index (κ3) is 5.61. The molecule has 31 heavy (non-hydrogen) atoms. The van der Waals surface area contributed by atoms with Crippen molar-refractivity contribution in [2.75, 3.05) is 58.2 Å². The highest BCUT2D eigenvalue weighted by Crippen LogP contribution is 2.19. The van der Waals surface area contributed by atoms with Gasteiger partial charge >= 0.3 is 6.03 Å². The molecule has 0 aromatic heterocycles. The Balaban J connectivity index is 1.38. The molecule has 5 amide bonds. The highest BCUT2D eigenvalue weighted by Gasteiger charge is 2.33. The van der Waals surface area contributed by atoms with Crippen molar-refractivity contribution in [1.82, 2.24) is 14.7 Å². The average Bonchev–Trinajstić information content (AvgIpc) is 2.97. The second-order valence-corrected chi connectivity index (χ2v) is 8.41. The number of carbonyl (C=O) groups excluding carboxylic acids is 4. The third-order valence-corrected chi connectivity index (χ3v) is 5.98. The van der Waals surface area contributed by atoms with Gasteiger partial charge in [0.05, 0.1) is 26.2 Å². The zero-order chi connectivity index (χ0) is 22.5. The van der Waals surface area contributed by atoms with Crippen LogP contribution in [0.4, 0.5) is 10.5 Å². The number of likely N-dealkylation sites (N-methyl/N-ethyl adjacent to an activating group) is 1. The first-order valence-electron chi connectivity index (χ1n) is 10.8. The summed E-state index contributed by atoms with van der Waals surface area (Å²) in [5.41, 5.74) is 2.97. The number of benzene rings is 1. The molecule has 2 aliphatic rings. The number of hydrogen-bond acceptors (Lipinski definition) is 4. The van der Waals surface area contributed by atoms with Gasteiger partial charge in [-0.15, -0.1) is 0 Å². The van der Waals surface area contributed by atoms with E-state index in [1.165, 1.54) is 9.80 Å². The van der Waals surface area contributed by atoms with Crippen molar-refractivity contribution in [3.8, 4) is 0 Å². The first-order valence-corrected chi connectivity index (χ1v) is 10.8. The fraction of sp³-hybridized carbons (Fsp3) is 0.545. The maximum Gasteiger partial charge on any atom is 0.326 e. The summed E-state index contributed by atoms with van der Waals surface area (Å²) in [5.74, 6) is -0.195. The van der Waals surface area contributed by atoms with Gasteiger partial charge in [0.1, 0.15) is 6.54 Å². The van der Waals surface area contributed by atoms with Crippen molar-refractivity contribution in [3.05, 3.63) is 29.3 Å². The van der Waals surface area contributed by atoms with Crippen LogP contribution in [-0.4, -0.2) is 91.3 Å². The Bertz CT molecular complexity index is 843. The standard InChI is InChI=1S/C22H31N5O4/c1-16-6-4-7-17(2)21(16)23-18(28)14-25-10-12-26(13-11-25)19(29)8-5-9-27-20(30)15-24(3)22(27)31/h4,6-7H,5,8-15H2,1-3H3,(H,23,28)/p+1. The zero-order valence-corrected chi connectivity index (χ0v) is 18.6. The Hall–Kier alpha value is -2.94. The second kappa shape index (κ2) is 9.91. The molecule has 0 radical (unpaired) electrons. The number of nitrogens with zero attached hydrogens (tertiary/aromatic N) is 3. The van der Waals surface area contributed by atoms with E-state index in [9.17, 15) is 19.2 Å². The maximum atomic E-state index is 12.5. The van der Waals surface area contributed by atoms with E-state index in [1.54, 1.807) is 7.05 Å². The van der Waals surface area contributed by atoms with E-state index in [2.05, 4.69) is 5.32 Å². The molecule has 0 saturated carbocycles. The van der Waals surface area contributed by atoms with Crippen molar-refractivity contribution in [2.24, 2.45) is 0 Å². The van der Waals surface area contributed by atoms with E-state index in [1.807, 2.05) is 36.9 Å². The topological polar surface area (TPSA) is 94.5 Å². The number of amides is 5. The van der Waals surface area contributed by atoms with Crippen LogP contribution < -0.4 is 10.2 Å². The molecule has 2 aliphatic heterocycles. The number of quaternary nitrogens is 1. The van der Waals surface area contributed by atoms with Crippen molar-refractivity contribution in [2.45, 2.75) is 26.7 Å². The summed E-state index contributed by atoms with van der Waals surface area (Å²) in [5, 5.41) is 3.02. The van der Waals surface area contributed by atoms with Crippen LogP contribution in [-0.2, 0) is 14.4 Å². The normalized spacial score (nSPS) is 17.5. The van der Waals surface area contributed by atoms with Gasteiger partial charge in [0.15, 0.2) is 6.54 Å². The predicted octanol–water partition coefficient (Wildman–Crippen LogP) is -0.357. The zero-order valence-electron chi connectivity index (χ0n) is 18.6. The number of urea groups is 1. The molecule has 0 spiro atoms. The number of imide groups is 1. The van der Waals surface area contributed by atoms with Gasteiger partial charge in [-0.2, -0.15) is 0 Å². The van der Waals surface area contributed by atoms with E-state index < -0.39 is 0 Å². The molecule has 0 unspecified atom stereocenters. The van der Waals surface area contributed by atoms with Crippen molar-refractivity contribution < 1.29 is 24.1 Å². The second-order valence-electron chi connectivity index (χ2n) is 8.41. The molecule has 2 saturated heterocycles. The van der Waals surface area contributed by atoms with Crippen LogP contribution >= 0.6 is 0 Å². The molecule has 1 aromatic carbocycles. The smallest absolute Gasteiger partial charge is 0.326 e. The number of piperazine rings is 1. The molecular weight excluding hydrogens is 398 g/mol. The predicted molar refractivity (Wildman–Crippen MR) is 116 cm³/mol. The molecule has 2 heterocycles. The Morgan fingerprint density at radius 2 is 1.74 bits per heavy atom. The lowest BCUT2D eigenvalue weighted by atomic mass is 10.1. The summed E-state index contributed by atoms with van der Waals surface area (Å²) in [7, 11) is 1.59. The van der Waals surface area contributed by atoms with Crippen LogP contribution in [0, 0.1) is 13.8 Å². The highest BCUT2D eigenvalue weighted by atomic mass is 16.2. The summed E-state index contributed by atoms with van der Waals surface area (Å²) < 4.78 is 0. The minimum atomic E-state index is -0.297. The monoisotopic (exact) mass is 430 g/mol. The van der Waals surface area contributed by atoms with Gasteiger partial charge in [0, 0.05) is 25.7 Å². The van der Waals surface area contributed by atoms with Gasteiger partial charge < -0.3 is 20.0 Å². The molecule has 0 atom stereocenters. The number of para-hydroxylation sites is 1. The fourth-order valence-electron chi connectivity index (χ4n) is 4.11. The van der Waals surface area contributed by atoms with Gasteiger partial charge in [-0.1, -0.05) is 18.2 Å². The molecule has 9 nitrogen and oxygen atoms in total. The largest absolute Gasteiger partial charge is 0.331 e. The number of anilines is 1. The van der Waals surface area contributed by atoms with Crippen LogP contribution in [0.5, 0.6) is 0 Å². The highest BCUT2D eigenvalue weighted by molar-refractivity contribution is 6.01. The summed E-state index contributed by atoms with van der Waals surface area (Å²) in [6.45, 7) is 7.37. The molecule has 2 N–H and O–H groups in total. The first-order chi connectivity index (χ1) is 14.8. The average molecular weight is 431 g/mol. The molecule has 3 rings (SSSR count). The summed E-state index contributed by atoms with van der Waals surface area (Å²) in [4.78, 5) is 54.2. The number of nitrogens with one attached hydrogen (secondary N) is 2. The third-order valence-electron chi connectivity index (χ3n) is 5.98. The Morgan fingerprint density at radius 3 is 2.32 bits per heavy atom. The Morgan fingerprint density at radius 1 is 1.10 bits per heavy atom. The summed E-state index contributed by atoms with van der Waals surface area (Å²) >= 11 is 0. The number of aryl methyl sites for hydroxylation is 2. The molecule has 0 bridgehead atoms. The lowest BCUT2D eigenvalue weighted by Gasteiger charge is -2.32. The van der Waals surface area contributed by atoms with Gasteiger partial charge in [0.25, 0.3) is 5.91 Å². The minimum Gasteiger partial charge on any atom is -0.331 e. The Kier molecular flexibility index (Phi) is 7.27. The number of carbonyl (C=O) groups is 4. The number of hydrogen-bond donors (Lipinski definition) is 2. The van der Waals surface area contributed by atoms with Crippen LogP contribution in [0.1, 0.15) is 24.0 Å². The summed E-state index contributed by atoms with van der Waals surface area (Å²) in [6, 6.07) is 5.64. The van der Waals surface area contributed by atoms with E-state index in [-0.39, 0.29) is 36.8 Å². The van der Waals surface area contributed by atoms with Crippen LogP contribution in [0.2, 0.25) is 0 Å². The number of rotatable bonds is 7. The van der Waals surface area contributed by atoms with E-state index >= 15 is 0 Å². The SMILES string of the molecule is Cc1cccc(C)c1NC(=O)C[NH+]1CCN(C(=O)CCCN2C(=O)CN(C)C2=O)CC1. The summed E-state index contributed by atoms with van der Waals surface area (Å²) in [6.07, 6.45) is 0.776. The van der Waals surface area contributed by atoms with Crippen molar-refractivity contribution >= 4 is 29.4 Å². The maximum absolute atomic E-state index is 12.5. The van der Waals surface area contributed by atoms with Gasteiger partial charge in [0.2, 0.25) is 11.8 Å². The van der Waals surface area contributed by atoms with E-state index in [0.29, 0.717) is 32.5 Å². The van der Waals surface area contributed by atoms with E-state index in [4.69, 9.17) is 0 Å². The van der Waals surface area contributed by atoms with Crippen molar-refractivity contribution in [1.29, 1.82) is 0 Å². The molecule has 168 valence electrons.